The number of rotatable bonds is 6. The summed E-state index contributed by atoms with van der Waals surface area (Å²) in [5.74, 6) is 8.55. The van der Waals surface area contributed by atoms with E-state index in [0.717, 1.165) is 37.2 Å². The Bertz CT molecular complexity index is 176. The smallest absolute Gasteiger partial charge is 0.0462 e. The summed E-state index contributed by atoms with van der Waals surface area (Å²) in [6.45, 7) is 0.859. The summed E-state index contributed by atoms with van der Waals surface area (Å²) >= 11 is 0. The van der Waals surface area contributed by atoms with Gasteiger partial charge in [-0.15, -0.1) is 0 Å². The molecule has 0 bridgehead atoms. The van der Waals surface area contributed by atoms with Gasteiger partial charge in [0.15, 0.2) is 0 Å². The standard InChI is InChI=1S/C11H22N2O/c1-14-4-2-3-11(13-12)10-6-8-5-9(8)7-10/h8-11,13H,2-7,12H2,1H3. The highest BCUT2D eigenvalue weighted by atomic mass is 16.5. The van der Waals surface area contributed by atoms with Crippen LogP contribution in [0.3, 0.4) is 0 Å². The summed E-state index contributed by atoms with van der Waals surface area (Å²) in [5, 5.41) is 0. The SMILES string of the molecule is COCCCC(NN)C1CC2CC2C1. The molecular formula is C11H22N2O. The molecule has 2 aliphatic carbocycles. The maximum Gasteiger partial charge on any atom is 0.0462 e. The highest BCUT2D eigenvalue weighted by molar-refractivity contribution is 4.98. The zero-order valence-corrected chi connectivity index (χ0v) is 9.04. The molecule has 3 nitrogen and oxygen atoms in total. The van der Waals surface area contributed by atoms with Crippen LogP contribution in [0.15, 0.2) is 0 Å². The van der Waals surface area contributed by atoms with Crippen LogP contribution in [0.2, 0.25) is 0 Å². The minimum absolute atomic E-state index is 0.526. The molecule has 0 aromatic heterocycles. The second kappa shape index (κ2) is 4.60. The number of fused-ring (bicyclic) bond motifs is 1. The van der Waals surface area contributed by atoms with Gasteiger partial charge < -0.3 is 4.74 Å². The summed E-state index contributed by atoms with van der Waals surface area (Å²) in [4.78, 5) is 0. The minimum Gasteiger partial charge on any atom is -0.385 e. The van der Waals surface area contributed by atoms with E-state index in [1.54, 1.807) is 7.11 Å². The van der Waals surface area contributed by atoms with Crippen LogP contribution in [0.1, 0.15) is 32.1 Å². The summed E-state index contributed by atoms with van der Waals surface area (Å²) < 4.78 is 5.06. The number of hydrogen-bond donors (Lipinski definition) is 2. The van der Waals surface area contributed by atoms with Gasteiger partial charge in [-0.1, -0.05) is 0 Å². The van der Waals surface area contributed by atoms with E-state index in [2.05, 4.69) is 5.43 Å². The van der Waals surface area contributed by atoms with Crippen LogP contribution in [-0.4, -0.2) is 19.8 Å². The fourth-order valence-corrected chi connectivity index (χ4v) is 2.99. The molecule has 0 aliphatic heterocycles. The Morgan fingerprint density at radius 3 is 2.64 bits per heavy atom. The van der Waals surface area contributed by atoms with Gasteiger partial charge in [-0.25, -0.2) is 0 Å². The fourth-order valence-electron chi connectivity index (χ4n) is 2.99. The third-order valence-electron chi connectivity index (χ3n) is 3.93. The van der Waals surface area contributed by atoms with Crippen LogP contribution < -0.4 is 11.3 Å². The predicted octanol–water partition coefficient (Wildman–Crippen LogP) is 1.29. The first-order valence-electron chi connectivity index (χ1n) is 5.80. The Morgan fingerprint density at radius 1 is 1.36 bits per heavy atom. The minimum atomic E-state index is 0.526. The summed E-state index contributed by atoms with van der Waals surface area (Å²) in [6.07, 6.45) is 6.59. The van der Waals surface area contributed by atoms with E-state index in [0.29, 0.717) is 6.04 Å². The normalized spacial score (nSPS) is 36.9. The Balaban J connectivity index is 1.69. The monoisotopic (exact) mass is 198 g/mol. The molecule has 0 amide bonds. The van der Waals surface area contributed by atoms with Crippen molar-refractivity contribution in [2.24, 2.45) is 23.6 Å². The van der Waals surface area contributed by atoms with Gasteiger partial charge in [0.2, 0.25) is 0 Å². The zero-order valence-electron chi connectivity index (χ0n) is 9.04. The Morgan fingerprint density at radius 2 is 2.07 bits per heavy atom. The van der Waals surface area contributed by atoms with Crippen molar-refractivity contribution in [1.29, 1.82) is 0 Å². The highest BCUT2D eigenvalue weighted by Gasteiger charge is 2.47. The third kappa shape index (κ3) is 2.27. The van der Waals surface area contributed by atoms with E-state index in [-0.39, 0.29) is 0 Å². The van der Waals surface area contributed by atoms with Gasteiger partial charge in [-0.05, 0) is 49.9 Å². The lowest BCUT2D eigenvalue weighted by molar-refractivity contribution is 0.182. The van der Waals surface area contributed by atoms with Crippen LogP contribution in [0.4, 0.5) is 0 Å². The number of nitrogens with one attached hydrogen (secondary N) is 1. The average Bonchev–Trinajstić information content (AvgIpc) is 2.81. The number of hydrogen-bond acceptors (Lipinski definition) is 3. The molecule has 3 N–H and O–H groups in total. The maximum atomic E-state index is 5.60. The topological polar surface area (TPSA) is 47.3 Å². The lowest BCUT2D eigenvalue weighted by atomic mass is 9.92. The molecule has 82 valence electrons. The number of methoxy groups -OCH3 is 1. The van der Waals surface area contributed by atoms with Crippen molar-refractivity contribution >= 4 is 0 Å². The lowest BCUT2D eigenvalue weighted by Crippen LogP contribution is -2.40. The lowest BCUT2D eigenvalue weighted by Gasteiger charge is -2.23. The van der Waals surface area contributed by atoms with Gasteiger partial charge >= 0.3 is 0 Å². The molecule has 0 spiro atoms. The van der Waals surface area contributed by atoms with Crippen LogP contribution in [-0.2, 0) is 4.74 Å². The van der Waals surface area contributed by atoms with Crippen LogP contribution >= 0.6 is 0 Å². The predicted molar refractivity (Wildman–Crippen MR) is 56.5 cm³/mol. The summed E-state index contributed by atoms with van der Waals surface area (Å²) in [7, 11) is 1.76. The largest absolute Gasteiger partial charge is 0.385 e. The maximum absolute atomic E-state index is 5.60. The summed E-state index contributed by atoms with van der Waals surface area (Å²) in [5.41, 5.74) is 2.99. The second-order valence-electron chi connectivity index (χ2n) is 4.90. The van der Waals surface area contributed by atoms with Crippen molar-refractivity contribution in [3.63, 3.8) is 0 Å². The van der Waals surface area contributed by atoms with E-state index >= 15 is 0 Å². The van der Waals surface area contributed by atoms with E-state index in [1.165, 1.54) is 19.3 Å². The van der Waals surface area contributed by atoms with Crippen LogP contribution in [0.25, 0.3) is 0 Å². The molecule has 2 rings (SSSR count). The summed E-state index contributed by atoms with van der Waals surface area (Å²) in [6, 6.07) is 0.526. The molecule has 2 aliphatic rings. The molecule has 3 heteroatoms. The molecule has 3 atom stereocenters. The average molecular weight is 198 g/mol. The first-order valence-corrected chi connectivity index (χ1v) is 5.80. The molecule has 2 fully saturated rings. The van der Waals surface area contributed by atoms with Crippen LogP contribution in [0, 0.1) is 17.8 Å². The number of ether oxygens (including phenoxy) is 1. The third-order valence-corrected chi connectivity index (χ3v) is 3.93. The molecule has 0 saturated heterocycles. The Labute approximate surface area is 86.4 Å². The Kier molecular flexibility index (Phi) is 3.42. The van der Waals surface area contributed by atoms with Crippen molar-refractivity contribution in [1.82, 2.24) is 5.43 Å². The first kappa shape index (κ1) is 10.4. The number of hydrazine groups is 1. The van der Waals surface area contributed by atoms with Gasteiger partial charge in [0.25, 0.3) is 0 Å². The van der Waals surface area contributed by atoms with Gasteiger partial charge in [0.05, 0.1) is 0 Å². The van der Waals surface area contributed by atoms with Crippen molar-refractivity contribution in [3.05, 3.63) is 0 Å². The van der Waals surface area contributed by atoms with Gasteiger partial charge in [0.1, 0.15) is 0 Å². The molecule has 3 unspecified atom stereocenters. The first-order chi connectivity index (χ1) is 6.85. The molecular weight excluding hydrogens is 176 g/mol. The molecule has 0 aromatic carbocycles. The molecule has 0 aromatic rings. The molecule has 14 heavy (non-hydrogen) atoms. The molecule has 0 radical (unpaired) electrons. The van der Waals surface area contributed by atoms with E-state index in [1.807, 2.05) is 0 Å². The van der Waals surface area contributed by atoms with E-state index in [9.17, 15) is 0 Å². The molecule has 0 heterocycles. The van der Waals surface area contributed by atoms with Crippen molar-refractivity contribution < 1.29 is 4.74 Å². The van der Waals surface area contributed by atoms with Gasteiger partial charge in [-0.2, -0.15) is 0 Å². The number of nitrogens with two attached hydrogens (primary N) is 1. The zero-order chi connectivity index (χ0) is 9.97. The van der Waals surface area contributed by atoms with E-state index < -0.39 is 0 Å². The molecule has 2 saturated carbocycles. The van der Waals surface area contributed by atoms with Crippen LogP contribution in [0.5, 0.6) is 0 Å². The Hall–Kier alpha value is -0.120. The van der Waals surface area contributed by atoms with E-state index in [4.69, 9.17) is 10.6 Å². The highest BCUT2D eigenvalue weighted by Crippen LogP contribution is 2.55. The van der Waals surface area contributed by atoms with Gasteiger partial charge in [-0.3, -0.25) is 11.3 Å². The van der Waals surface area contributed by atoms with Crippen molar-refractivity contribution in [3.8, 4) is 0 Å². The van der Waals surface area contributed by atoms with Crippen molar-refractivity contribution in [2.45, 2.75) is 38.1 Å². The fraction of sp³-hybridized carbons (Fsp3) is 1.00. The van der Waals surface area contributed by atoms with Crippen molar-refractivity contribution in [2.75, 3.05) is 13.7 Å². The second-order valence-corrected chi connectivity index (χ2v) is 4.90. The van der Waals surface area contributed by atoms with Gasteiger partial charge in [0, 0.05) is 19.8 Å². The quantitative estimate of drug-likeness (QED) is 0.384.